The number of benzene rings is 2. The first kappa shape index (κ1) is 57.8. The highest BCUT2D eigenvalue weighted by Gasteiger charge is 2.38. The maximum atomic E-state index is 15.1. The third-order valence-corrected chi connectivity index (χ3v) is 12.3. The molecule has 18 nitrogen and oxygen atoms in total. The largest absolute Gasteiger partial charge is 0.480 e. The van der Waals surface area contributed by atoms with Crippen LogP contribution in [0.5, 0.6) is 0 Å². The molecule has 5 atom stereocenters. The molecule has 1 aromatic heterocycles. The van der Waals surface area contributed by atoms with Crippen molar-refractivity contribution < 1.29 is 57.4 Å². The Bertz CT molecular complexity index is 2400. The molecule has 4 rings (SSSR count). The smallest absolute Gasteiger partial charge is 0.326 e. The van der Waals surface area contributed by atoms with Gasteiger partial charge in [0.1, 0.15) is 36.4 Å². The first-order valence-corrected chi connectivity index (χ1v) is 24.3. The second kappa shape index (κ2) is 27.1. The molecule has 392 valence electrons. The summed E-state index contributed by atoms with van der Waals surface area (Å²) in [5.41, 5.74) is 7.54. The summed E-state index contributed by atoms with van der Waals surface area (Å²) in [6.45, 7) is 10.3. The summed E-state index contributed by atoms with van der Waals surface area (Å²) >= 11 is 0. The number of hydrogen-bond acceptors (Lipinski definition) is 10. The van der Waals surface area contributed by atoms with E-state index in [0.717, 1.165) is 28.7 Å². The molecular weight excluding hydrogens is 935 g/mol. The lowest BCUT2D eigenvalue weighted by Crippen LogP contribution is -2.56. The molecule has 3 aromatic rings. The molecule has 7 amide bonds. The van der Waals surface area contributed by atoms with Crippen molar-refractivity contribution in [2.75, 3.05) is 26.2 Å². The molecule has 1 aliphatic heterocycles. The van der Waals surface area contributed by atoms with Crippen molar-refractivity contribution in [1.82, 2.24) is 35.6 Å². The summed E-state index contributed by atoms with van der Waals surface area (Å²) in [6.07, 6.45) is 6.26. The van der Waals surface area contributed by atoms with E-state index in [0.29, 0.717) is 43.5 Å². The number of nitrogens with one attached hydrogen (secondary N) is 4. The number of carbonyl (C=O) groups excluding carboxylic acids is 7. The van der Waals surface area contributed by atoms with E-state index in [-0.39, 0.29) is 68.6 Å². The lowest BCUT2D eigenvalue weighted by atomic mass is 9.82. The predicted molar refractivity (Wildman–Crippen MR) is 264 cm³/mol. The molecule has 0 aliphatic carbocycles. The molecule has 0 spiro atoms. The van der Waals surface area contributed by atoms with Crippen LogP contribution in [0.25, 0.3) is 11.1 Å². The third kappa shape index (κ3) is 16.9. The van der Waals surface area contributed by atoms with Gasteiger partial charge in [-0.3, -0.25) is 38.5 Å². The van der Waals surface area contributed by atoms with Gasteiger partial charge in [-0.2, -0.15) is 0 Å². The summed E-state index contributed by atoms with van der Waals surface area (Å²) in [4.78, 5) is 104. The number of carbonyl (C=O) groups is 8. The first-order chi connectivity index (χ1) is 34.0. The normalized spacial score (nSPS) is 14.6. The predicted octanol–water partition coefficient (Wildman–Crippen LogP) is 4.09. The zero-order valence-electron chi connectivity index (χ0n) is 41.9. The first-order valence-electron chi connectivity index (χ1n) is 24.3. The lowest BCUT2D eigenvalue weighted by Gasteiger charge is -2.41. The minimum atomic E-state index is -1.32. The van der Waals surface area contributed by atoms with Crippen molar-refractivity contribution in [2.24, 2.45) is 17.1 Å². The van der Waals surface area contributed by atoms with Gasteiger partial charge < -0.3 is 46.7 Å². The Morgan fingerprint density at radius 1 is 0.806 bits per heavy atom. The van der Waals surface area contributed by atoms with Crippen LogP contribution in [0, 0.1) is 23.0 Å². The molecule has 0 saturated carbocycles. The summed E-state index contributed by atoms with van der Waals surface area (Å²) < 4.78 is 31.4. The van der Waals surface area contributed by atoms with Gasteiger partial charge in [-0.05, 0) is 86.6 Å². The van der Waals surface area contributed by atoms with Gasteiger partial charge >= 0.3 is 5.97 Å². The SMILES string of the molecule is CC(C)[C@H](NC(=O)CCCCCN1C(=O)C=CC1=O)C(=O)N[C@@H](C)C(=O)N[C@@H](CCCCNC(=O)[C@@H](N)CCN(C(=O)CO)[C@@H](c1cc(-c2cc(F)ccc2F)cn1Cc1ccccc1)C(C)(C)C)C(=O)O. The van der Waals surface area contributed by atoms with E-state index in [1.807, 2.05) is 55.7 Å². The van der Waals surface area contributed by atoms with Gasteiger partial charge in [-0.25, -0.2) is 13.6 Å². The van der Waals surface area contributed by atoms with Crippen LogP contribution in [0.1, 0.15) is 110 Å². The number of amides is 7. The van der Waals surface area contributed by atoms with Gasteiger partial charge in [-0.15, -0.1) is 0 Å². The van der Waals surface area contributed by atoms with Crippen molar-refractivity contribution in [1.29, 1.82) is 0 Å². The number of carboxylic acids is 1. The summed E-state index contributed by atoms with van der Waals surface area (Å²) in [7, 11) is 0. The second-order valence-corrected chi connectivity index (χ2v) is 19.5. The zero-order chi connectivity index (χ0) is 53.3. The topological polar surface area (TPSA) is 263 Å². The molecule has 2 heterocycles. The molecule has 0 unspecified atom stereocenters. The van der Waals surface area contributed by atoms with Crippen LogP contribution in [0.15, 0.2) is 72.9 Å². The quantitative estimate of drug-likeness (QED) is 0.0403. The number of rotatable bonds is 28. The number of imide groups is 1. The van der Waals surface area contributed by atoms with Gasteiger partial charge in [0.15, 0.2) is 0 Å². The standard InChI is InChI=1S/C52H70F2N8O10/c1-32(2)46(59-42(64)18-11-8-14-25-61-43(65)21-22-44(61)66)50(70)57-33(3)48(68)58-40(51(71)72)17-12-13-24-56-49(69)39(55)23-26-62(45(67)31-63)47(52(4,5)6)41-27-35(37-28-36(53)19-20-38(37)54)30-60(41)29-34-15-9-7-10-16-34/h7,9-10,15-16,19-22,27-28,30,32-33,39-40,46-47,63H,8,11-14,17-18,23-26,29,31,55H2,1-6H3,(H,56,69)(H,57,70)(H,58,68)(H,59,64)(H,71,72)/t33-,39-,40-,46-,47-/m0/s1. The van der Waals surface area contributed by atoms with E-state index in [9.17, 15) is 53.0 Å². The number of aliphatic carboxylic acids is 1. The Morgan fingerprint density at radius 2 is 1.49 bits per heavy atom. The number of carboxylic acid groups (broad SMARTS) is 1. The van der Waals surface area contributed by atoms with Crippen LogP contribution < -0.4 is 27.0 Å². The van der Waals surface area contributed by atoms with E-state index < -0.39 is 89.4 Å². The maximum Gasteiger partial charge on any atom is 0.326 e. The third-order valence-electron chi connectivity index (χ3n) is 12.3. The van der Waals surface area contributed by atoms with Crippen LogP contribution in [0.4, 0.5) is 8.78 Å². The minimum Gasteiger partial charge on any atom is -0.480 e. The van der Waals surface area contributed by atoms with Crippen molar-refractivity contribution in [2.45, 2.75) is 130 Å². The molecule has 2 aromatic carbocycles. The summed E-state index contributed by atoms with van der Waals surface area (Å²) in [5.74, 6) is -6.64. The van der Waals surface area contributed by atoms with Gasteiger partial charge in [0.2, 0.25) is 29.5 Å². The Morgan fingerprint density at radius 3 is 2.11 bits per heavy atom. The average molecular weight is 1010 g/mol. The summed E-state index contributed by atoms with van der Waals surface area (Å²) in [6, 6.07) is 9.00. The average Bonchev–Trinajstić information content (AvgIpc) is 3.88. The number of nitrogens with two attached hydrogens (primary N) is 1. The highest BCUT2D eigenvalue weighted by Crippen LogP contribution is 2.41. The highest BCUT2D eigenvalue weighted by molar-refractivity contribution is 6.12. The molecule has 1 aliphatic rings. The van der Waals surface area contributed by atoms with Gasteiger partial charge in [0, 0.05) is 67.8 Å². The molecule has 0 saturated heterocycles. The van der Waals surface area contributed by atoms with E-state index in [1.165, 1.54) is 24.0 Å². The second-order valence-electron chi connectivity index (χ2n) is 19.5. The Hall–Kier alpha value is -6.80. The van der Waals surface area contributed by atoms with Gasteiger partial charge in [0.05, 0.1) is 12.1 Å². The van der Waals surface area contributed by atoms with Crippen molar-refractivity contribution in [3.8, 4) is 11.1 Å². The number of hydrogen-bond donors (Lipinski definition) is 7. The van der Waals surface area contributed by atoms with E-state index in [4.69, 9.17) is 5.73 Å². The van der Waals surface area contributed by atoms with Crippen LogP contribution in [-0.2, 0) is 44.9 Å². The molecule has 0 radical (unpaired) electrons. The van der Waals surface area contributed by atoms with Crippen LogP contribution in [0.2, 0.25) is 0 Å². The van der Waals surface area contributed by atoms with Crippen LogP contribution in [0.3, 0.4) is 0 Å². The lowest BCUT2D eigenvalue weighted by molar-refractivity contribution is -0.142. The van der Waals surface area contributed by atoms with E-state index in [1.54, 1.807) is 26.1 Å². The number of aromatic nitrogens is 1. The van der Waals surface area contributed by atoms with E-state index >= 15 is 4.39 Å². The number of aliphatic hydroxyl groups is 1. The highest BCUT2D eigenvalue weighted by atomic mass is 19.1. The molecule has 72 heavy (non-hydrogen) atoms. The molecule has 20 heteroatoms. The maximum absolute atomic E-state index is 15.1. The molecule has 0 bridgehead atoms. The van der Waals surface area contributed by atoms with Crippen molar-refractivity contribution in [3.63, 3.8) is 0 Å². The fraction of sp³-hybridized carbons (Fsp3) is 0.500. The van der Waals surface area contributed by atoms with Crippen molar-refractivity contribution >= 4 is 47.3 Å². The number of nitrogens with zero attached hydrogens (tertiary/aromatic N) is 3. The Kier molecular flexibility index (Phi) is 21.8. The van der Waals surface area contributed by atoms with Gasteiger partial charge in [0.25, 0.3) is 11.8 Å². The molecule has 0 fully saturated rings. The fourth-order valence-electron chi connectivity index (χ4n) is 8.41. The van der Waals surface area contributed by atoms with Gasteiger partial charge in [-0.1, -0.05) is 71.4 Å². The van der Waals surface area contributed by atoms with Crippen LogP contribution in [-0.4, -0.2) is 122 Å². The minimum absolute atomic E-state index is 0.0120. The van der Waals surface area contributed by atoms with E-state index in [2.05, 4.69) is 21.3 Å². The number of aliphatic hydroxyl groups excluding tert-OH is 1. The van der Waals surface area contributed by atoms with Crippen molar-refractivity contribution in [3.05, 3.63) is 95.8 Å². The summed E-state index contributed by atoms with van der Waals surface area (Å²) in [5, 5.41) is 30.4. The zero-order valence-corrected chi connectivity index (χ0v) is 41.9. The number of unbranched alkanes of at least 4 members (excludes halogenated alkanes) is 3. The fourth-order valence-corrected chi connectivity index (χ4v) is 8.41. The Labute approximate surface area is 419 Å². The monoisotopic (exact) mass is 1000 g/mol. The molecular formula is C52H70F2N8O10. The number of halogens is 2. The molecule has 8 N–H and O–H groups in total. The Balaban J connectivity index is 1.28. The van der Waals surface area contributed by atoms with Crippen LogP contribution >= 0.6 is 0 Å².